The van der Waals surface area contributed by atoms with Gasteiger partial charge in [-0.15, -0.1) is 0 Å². The predicted molar refractivity (Wildman–Crippen MR) is 94.1 cm³/mol. The minimum atomic E-state index is -0.0302. The number of benzene rings is 2. The highest BCUT2D eigenvalue weighted by molar-refractivity contribution is 5.90. The highest BCUT2D eigenvalue weighted by Gasteiger charge is 2.04. The second-order valence-electron chi connectivity index (χ2n) is 5.31. The molecule has 0 saturated heterocycles. The molecule has 0 aliphatic heterocycles. The first-order valence-electron chi connectivity index (χ1n) is 7.82. The summed E-state index contributed by atoms with van der Waals surface area (Å²) < 4.78 is 5.72. The first-order chi connectivity index (χ1) is 11.8. The van der Waals surface area contributed by atoms with Crippen LogP contribution >= 0.6 is 0 Å². The van der Waals surface area contributed by atoms with Crippen molar-refractivity contribution in [3.8, 4) is 11.5 Å². The Balaban J connectivity index is 1.51. The van der Waals surface area contributed by atoms with Crippen molar-refractivity contribution in [1.82, 2.24) is 4.98 Å². The van der Waals surface area contributed by atoms with Gasteiger partial charge in [-0.1, -0.05) is 24.3 Å². The molecule has 1 amide bonds. The van der Waals surface area contributed by atoms with Gasteiger partial charge in [-0.3, -0.25) is 9.78 Å². The van der Waals surface area contributed by atoms with E-state index < -0.39 is 0 Å². The normalized spacial score (nSPS) is 10.2. The Bertz CT molecular complexity index is 772. The molecule has 3 aromatic rings. The highest BCUT2D eigenvalue weighted by Crippen LogP contribution is 2.22. The molecule has 1 aromatic heterocycles. The van der Waals surface area contributed by atoms with Gasteiger partial charge in [0.15, 0.2) is 0 Å². The van der Waals surface area contributed by atoms with E-state index in [4.69, 9.17) is 4.74 Å². The van der Waals surface area contributed by atoms with Crippen molar-refractivity contribution in [3.63, 3.8) is 0 Å². The molecule has 0 aliphatic rings. The SMILES string of the molecule is O=C(CCc1ccccn1)Nc1ccc(Oc2ccccc2)cc1. The van der Waals surface area contributed by atoms with Crippen LogP contribution in [0.3, 0.4) is 0 Å². The number of pyridine rings is 1. The van der Waals surface area contributed by atoms with Gasteiger partial charge in [0.25, 0.3) is 0 Å². The zero-order chi connectivity index (χ0) is 16.6. The van der Waals surface area contributed by atoms with E-state index in [1.807, 2.05) is 72.8 Å². The van der Waals surface area contributed by atoms with Gasteiger partial charge in [-0.2, -0.15) is 0 Å². The number of aryl methyl sites for hydroxylation is 1. The fraction of sp³-hybridized carbons (Fsp3) is 0.100. The number of hydrogen-bond acceptors (Lipinski definition) is 3. The maximum atomic E-state index is 12.0. The summed E-state index contributed by atoms with van der Waals surface area (Å²) in [6, 6.07) is 22.6. The van der Waals surface area contributed by atoms with E-state index in [0.29, 0.717) is 12.8 Å². The molecule has 0 bridgehead atoms. The lowest BCUT2D eigenvalue weighted by Gasteiger charge is -2.08. The van der Waals surface area contributed by atoms with Crippen LogP contribution in [0.15, 0.2) is 79.0 Å². The van der Waals surface area contributed by atoms with Crippen LogP contribution in [0.1, 0.15) is 12.1 Å². The van der Waals surface area contributed by atoms with Crippen molar-refractivity contribution in [1.29, 1.82) is 0 Å². The molecule has 0 fully saturated rings. The topological polar surface area (TPSA) is 51.2 Å². The average molecular weight is 318 g/mol. The third kappa shape index (κ3) is 4.68. The summed E-state index contributed by atoms with van der Waals surface area (Å²) in [6.07, 6.45) is 2.76. The van der Waals surface area contributed by atoms with Crippen molar-refractivity contribution in [2.75, 3.05) is 5.32 Å². The molecule has 120 valence electrons. The number of carbonyl (C=O) groups is 1. The van der Waals surface area contributed by atoms with Crippen molar-refractivity contribution < 1.29 is 9.53 Å². The molecule has 0 unspecified atom stereocenters. The van der Waals surface area contributed by atoms with Crippen molar-refractivity contribution in [2.45, 2.75) is 12.8 Å². The van der Waals surface area contributed by atoms with E-state index in [0.717, 1.165) is 22.9 Å². The van der Waals surface area contributed by atoms with Gasteiger partial charge in [0.1, 0.15) is 11.5 Å². The Morgan fingerprint density at radius 1 is 0.875 bits per heavy atom. The van der Waals surface area contributed by atoms with Crippen molar-refractivity contribution >= 4 is 11.6 Å². The molecule has 4 nitrogen and oxygen atoms in total. The molecule has 24 heavy (non-hydrogen) atoms. The zero-order valence-corrected chi connectivity index (χ0v) is 13.2. The summed E-state index contributed by atoms with van der Waals surface area (Å²) in [7, 11) is 0. The Hall–Kier alpha value is -3.14. The fourth-order valence-corrected chi connectivity index (χ4v) is 2.24. The van der Waals surface area contributed by atoms with Crippen LogP contribution in [0.2, 0.25) is 0 Å². The number of anilines is 1. The van der Waals surface area contributed by atoms with Crippen LogP contribution in [-0.4, -0.2) is 10.9 Å². The Kier molecular flexibility index (Phi) is 5.20. The summed E-state index contributed by atoms with van der Waals surface area (Å²) in [5.74, 6) is 1.48. The molecule has 0 aliphatic carbocycles. The molecule has 1 N–H and O–H groups in total. The van der Waals surface area contributed by atoms with E-state index in [1.54, 1.807) is 6.20 Å². The zero-order valence-electron chi connectivity index (χ0n) is 13.2. The van der Waals surface area contributed by atoms with Crippen LogP contribution in [-0.2, 0) is 11.2 Å². The minimum absolute atomic E-state index is 0.0302. The monoisotopic (exact) mass is 318 g/mol. The smallest absolute Gasteiger partial charge is 0.224 e. The van der Waals surface area contributed by atoms with Crippen molar-refractivity contribution in [2.24, 2.45) is 0 Å². The number of nitrogens with zero attached hydrogens (tertiary/aromatic N) is 1. The van der Waals surface area contributed by atoms with E-state index in [9.17, 15) is 4.79 Å². The third-order valence-corrected chi connectivity index (χ3v) is 3.45. The van der Waals surface area contributed by atoms with Gasteiger partial charge in [0.2, 0.25) is 5.91 Å². The van der Waals surface area contributed by atoms with Crippen LogP contribution < -0.4 is 10.1 Å². The number of amides is 1. The Morgan fingerprint density at radius 2 is 1.58 bits per heavy atom. The molecule has 0 saturated carbocycles. The summed E-state index contributed by atoms with van der Waals surface area (Å²) in [4.78, 5) is 16.2. The lowest BCUT2D eigenvalue weighted by Crippen LogP contribution is -2.12. The Labute approximate surface area is 141 Å². The van der Waals surface area contributed by atoms with Crippen molar-refractivity contribution in [3.05, 3.63) is 84.7 Å². The third-order valence-electron chi connectivity index (χ3n) is 3.45. The molecule has 1 heterocycles. The summed E-state index contributed by atoms with van der Waals surface area (Å²) in [6.45, 7) is 0. The molecule has 2 aromatic carbocycles. The number of para-hydroxylation sites is 1. The first kappa shape index (κ1) is 15.7. The number of nitrogens with one attached hydrogen (secondary N) is 1. The second-order valence-corrected chi connectivity index (χ2v) is 5.31. The highest BCUT2D eigenvalue weighted by atomic mass is 16.5. The molecule has 0 radical (unpaired) electrons. The number of aromatic nitrogens is 1. The van der Waals surface area contributed by atoms with Gasteiger partial charge < -0.3 is 10.1 Å². The summed E-state index contributed by atoms with van der Waals surface area (Å²) >= 11 is 0. The van der Waals surface area contributed by atoms with E-state index in [2.05, 4.69) is 10.3 Å². The second kappa shape index (κ2) is 7.92. The molecule has 0 atom stereocenters. The number of carbonyl (C=O) groups excluding carboxylic acids is 1. The molecular formula is C20H18N2O2. The van der Waals surface area contributed by atoms with Gasteiger partial charge in [-0.05, 0) is 55.0 Å². The van der Waals surface area contributed by atoms with Crippen LogP contribution in [0.4, 0.5) is 5.69 Å². The molecule has 3 rings (SSSR count). The number of rotatable bonds is 6. The average Bonchev–Trinajstić information content (AvgIpc) is 2.63. The summed E-state index contributed by atoms with van der Waals surface area (Å²) in [5.41, 5.74) is 1.67. The quantitative estimate of drug-likeness (QED) is 0.731. The molecule has 0 spiro atoms. The van der Waals surface area contributed by atoms with E-state index in [1.165, 1.54) is 0 Å². The van der Waals surface area contributed by atoms with E-state index >= 15 is 0 Å². The molecule has 4 heteroatoms. The van der Waals surface area contributed by atoms with Crippen LogP contribution in [0.25, 0.3) is 0 Å². The number of ether oxygens (including phenoxy) is 1. The summed E-state index contributed by atoms with van der Waals surface area (Å²) in [5, 5.41) is 2.88. The maximum absolute atomic E-state index is 12.0. The maximum Gasteiger partial charge on any atom is 0.224 e. The predicted octanol–water partition coefficient (Wildman–Crippen LogP) is 4.45. The lowest BCUT2D eigenvalue weighted by atomic mass is 10.2. The first-order valence-corrected chi connectivity index (χ1v) is 7.82. The van der Waals surface area contributed by atoms with E-state index in [-0.39, 0.29) is 5.91 Å². The van der Waals surface area contributed by atoms with Crippen LogP contribution in [0.5, 0.6) is 11.5 Å². The number of hydrogen-bond donors (Lipinski definition) is 1. The van der Waals surface area contributed by atoms with Crippen LogP contribution in [0, 0.1) is 0 Å². The van der Waals surface area contributed by atoms with Gasteiger partial charge in [0, 0.05) is 24.0 Å². The minimum Gasteiger partial charge on any atom is -0.457 e. The van der Waals surface area contributed by atoms with Gasteiger partial charge in [0.05, 0.1) is 0 Å². The van der Waals surface area contributed by atoms with Gasteiger partial charge >= 0.3 is 0 Å². The fourth-order valence-electron chi connectivity index (χ4n) is 2.24. The molecular weight excluding hydrogens is 300 g/mol. The lowest BCUT2D eigenvalue weighted by molar-refractivity contribution is -0.116. The largest absolute Gasteiger partial charge is 0.457 e. The van der Waals surface area contributed by atoms with Gasteiger partial charge in [-0.25, -0.2) is 0 Å². The standard InChI is InChI=1S/C20H18N2O2/c23-20(14-11-16-6-4-5-15-21-16)22-17-9-12-19(13-10-17)24-18-7-2-1-3-8-18/h1-10,12-13,15H,11,14H2,(H,22,23). The Morgan fingerprint density at radius 3 is 2.29 bits per heavy atom.